The average Bonchev–Trinajstić information content (AvgIpc) is 2.80. The molecule has 1 aliphatic rings. The lowest BCUT2D eigenvalue weighted by molar-refractivity contribution is 0.282. The SMILES string of the molecule is OCc1ccc(C=CC2CCCS2)cc1. The number of aliphatic hydroxyl groups excluding tert-OH is 1. The normalized spacial score (nSPS) is 21.3. The molecule has 0 radical (unpaired) electrons. The first-order valence-electron chi connectivity index (χ1n) is 5.38. The van der Waals surface area contributed by atoms with Gasteiger partial charge in [-0.3, -0.25) is 0 Å². The second kappa shape index (κ2) is 5.38. The fourth-order valence-corrected chi connectivity index (χ4v) is 2.87. The molecule has 80 valence electrons. The van der Waals surface area contributed by atoms with Crippen molar-refractivity contribution in [3.8, 4) is 0 Å². The number of hydrogen-bond donors (Lipinski definition) is 1. The number of hydrogen-bond acceptors (Lipinski definition) is 2. The third-order valence-corrected chi connectivity index (χ3v) is 3.98. The molecule has 1 aromatic rings. The molecule has 1 atom stereocenters. The molecule has 0 aliphatic carbocycles. The summed E-state index contributed by atoms with van der Waals surface area (Å²) in [4.78, 5) is 0. The molecule has 0 amide bonds. The smallest absolute Gasteiger partial charge is 0.0681 e. The van der Waals surface area contributed by atoms with Gasteiger partial charge >= 0.3 is 0 Å². The minimum atomic E-state index is 0.127. The maximum atomic E-state index is 8.91. The van der Waals surface area contributed by atoms with Crippen molar-refractivity contribution in [1.29, 1.82) is 0 Å². The molecule has 2 heteroatoms. The van der Waals surface area contributed by atoms with Crippen molar-refractivity contribution in [3.05, 3.63) is 41.5 Å². The highest BCUT2D eigenvalue weighted by Crippen LogP contribution is 2.27. The number of thioether (sulfide) groups is 1. The molecule has 1 aromatic carbocycles. The van der Waals surface area contributed by atoms with Gasteiger partial charge in [-0.05, 0) is 29.7 Å². The van der Waals surface area contributed by atoms with Crippen molar-refractivity contribution in [2.75, 3.05) is 5.75 Å². The molecule has 1 unspecified atom stereocenters. The molecular formula is C13H16OS. The largest absolute Gasteiger partial charge is 0.392 e. The van der Waals surface area contributed by atoms with Crippen molar-refractivity contribution in [3.63, 3.8) is 0 Å². The van der Waals surface area contributed by atoms with Crippen molar-refractivity contribution in [2.45, 2.75) is 24.7 Å². The van der Waals surface area contributed by atoms with Crippen LogP contribution in [-0.2, 0) is 6.61 Å². The van der Waals surface area contributed by atoms with Crippen LogP contribution in [0, 0.1) is 0 Å². The first kappa shape index (κ1) is 10.8. The van der Waals surface area contributed by atoms with E-state index in [1.165, 1.54) is 24.2 Å². The van der Waals surface area contributed by atoms with Gasteiger partial charge in [-0.15, -0.1) is 0 Å². The van der Waals surface area contributed by atoms with Gasteiger partial charge in [0.25, 0.3) is 0 Å². The van der Waals surface area contributed by atoms with E-state index in [2.05, 4.69) is 24.3 Å². The van der Waals surface area contributed by atoms with Crippen LogP contribution >= 0.6 is 11.8 Å². The van der Waals surface area contributed by atoms with Crippen LogP contribution in [0.25, 0.3) is 6.08 Å². The summed E-state index contributed by atoms with van der Waals surface area (Å²) in [6.45, 7) is 0.127. The van der Waals surface area contributed by atoms with E-state index >= 15 is 0 Å². The maximum Gasteiger partial charge on any atom is 0.0681 e. The van der Waals surface area contributed by atoms with E-state index in [1.807, 2.05) is 23.9 Å². The summed E-state index contributed by atoms with van der Waals surface area (Å²) in [6, 6.07) is 8.06. The van der Waals surface area contributed by atoms with E-state index in [4.69, 9.17) is 5.11 Å². The Morgan fingerprint density at radius 2 is 2.13 bits per heavy atom. The molecule has 1 fully saturated rings. The zero-order valence-corrected chi connectivity index (χ0v) is 9.54. The van der Waals surface area contributed by atoms with Gasteiger partial charge in [0.2, 0.25) is 0 Å². The number of benzene rings is 1. The van der Waals surface area contributed by atoms with Crippen molar-refractivity contribution in [1.82, 2.24) is 0 Å². The second-order valence-electron chi connectivity index (χ2n) is 3.81. The summed E-state index contributed by atoms with van der Waals surface area (Å²) in [5.74, 6) is 1.30. The summed E-state index contributed by atoms with van der Waals surface area (Å²) in [5.41, 5.74) is 2.20. The summed E-state index contributed by atoms with van der Waals surface area (Å²) in [5, 5.41) is 9.62. The molecule has 1 saturated heterocycles. The average molecular weight is 220 g/mol. The Hall–Kier alpha value is -0.730. The Morgan fingerprint density at radius 3 is 2.73 bits per heavy atom. The molecule has 1 heterocycles. The Morgan fingerprint density at radius 1 is 1.33 bits per heavy atom. The van der Waals surface area contributed by atoms with E-state index in [9.17, 15) is 0 Å². The molecule has 15 heavy (non-hydrogen) atoms. The van der Waals surface area contributed by atoms with Gasteiger partial charge in [0, 0.05) is 5.25 Å². The van der Waals surface area contributed by atoms with Crippen LogP contribution in [0.15, 0.2) is 30.3 Å². The van der Waals surface area contributed by atoms with Crippen LogP contribution in [-0.4, -0.2) is 16.1 Å². The molecular weight excluding hydrogens is 204 g/mol. The molecule has 2 rings (SSSR count). The second-order valence-corrected chi connectivity index (χ2v) is 5.16. The molecule has 1 nitrogen and oxygen atoms in total. The lowest BCUT2D eigenvalue weighted by Crippen LogP contribution is -1.88. The van der Waals surface area contributed by atoms with Gasteiger partial charge in [-0.25, -0.2) is 0 Å². The van der Waals surface area contributed by atoms with E-state index < -0.39 is 0 Å². The Balaban J connectivity index is 1.97. The summed E-state index contributed by atoms with van der Waals surface area (Å²) < 4.78 is 0. The van der Waals surface area contributed by atoms with E-state index in [-0.39, 0.29) is 6.61 Å². The molecule has 1 aliphatic heterocycles. The van der Waals surface area contributed by atoms with Crippen LogP contribution in [0.1, 0.15) is 24.0 Å². The van der Waals surface area contributed by atoms with Crippen molar-refractivity contribution in [2.24, 2.45) is 0 Å². The van der Waals surface area contributed by atoms with Gasteiger partial charge in [0.1, 0.15) is 0 Å². The minimum absolute atomic E-state index is 0.127. The quantitative estimate of drug-likeness (QED) is 0.844. The Labute approximate surface area is 95.2 Å². The molecule has 1 N–H and O–H groups in total. The predicted molar refractivity (Wildman–Crippen MR) is 66.9 cm³/mol. The van der Waals surface area contributed by atoms with Crippen molar-refractivity contribution < 1.29 is 5.11 Å². The summed E-state index contributed by atoms with van der Waals surface area (Å²) >= 11 is 2.04. The predicted octanol–water partition coefficient (Wildman–Crippen LogP) is 3.09. The molecule has 0 spiro atoms. The van der Waals surface area contributed by atoms with Crippen LogP contribution in [0.4, 0.5) is 0 Å². The minimum Gasteiger partial charge on any atom is -0.392 e. The van der Waals surface area contributed by atoms with E-state index in [0.29, 0.717) is 5.25 Å². The monoisotopic (exact) mass is 220 g/mol. The van der Waals surface area contributed by atoms with E-state index in [0.717, 1.165) is 5.56 Å². The molecule has 0 bridgehead atoms. The zero-order valence-electron chi connectivity index (χ0n) is 8.73. The van der Waals surface area contributed by atoms with Gasteiger partial charge in [0.05, 0.1) is 6.61 Å². The van der Waals surface area contributed by atoms with E-state index in [1.54, 1.807) is 0 Å². The van der Waals surface area contributed by atoms with Crippen LogP contribution < -0.4 is 0 Å². The van der Waals surface area contributed by atoms with Gasteiger partial charge in [-0.1, -0.05) is 36.4 Å². The highest BCUT2D eigenvalue weighted by Gasteiger charge is 2.11. The lowest BCUT2D eigenvalue weighted by atomic mass is 10.1. The van der Waals surface area contributed by atoms with Gasteiger partial charge < -0.3 is 5.11 Å². The topological polar surface area (TPSA) is 20.2 Å². The fraction of sp³-hybridized carbons (Fsp3) is 0.385. The lowest BCUT2D eigenvalue weighted by Gasteiger charge is -2.00. The summed E-state index contributed by atoms with van der Waals surface area (Å²) in [6.07, 6.45) is 7.15. The first-order valence-corrected chi connectivity index (χ1v) is 6.43. The van der Waals surface area contributed by atoms with Gasteiger partial charge in [-0.2, -0.15) is 11.8 Å². The van der Waals surface area contributed by atoms with Crippen LogP contribution in [0.3, 0.4) is 0 Å². The van der Waals surface area contributed by atoms with Crippen molar-refractivity contribution >= 4 is 17.8 Å². The highest BCUT2D eigenvalue weighted by atomic mass is 32.2. The highest BCUT2D eigenvalue weighted by molar-refractivity contribution is 8.00. The van der Waals surface area contributed by atoms with Gasteiger partial charge in [0.15, 0.2) is 0 Å². The zero-order chi connectivity index (χ0) is 10.5. The maximum absolute atomic E-state index is 8.91. The molecule has 0 saturated carbocycles. The Bertz CT molecular complexity index is 323. The van der Waals surface area contributed by atoms with Crippen LogP contribution in [0.2, 0.25) is 0 Å². The number of aliphatic hydroxyl groups is 1. The Kier molecular flexibility index (Phi) is 3.87. The summed E-state index contributed by atoms with van der Waals surface area (Å²) in [7, 11) is 0. The standard InChI is InChI=1S/C13H16OS/c14-10-12-5-3-11(4-6-12)7-8-13-2-1-9-15-13/h3-8,13-14H,1-2,9-10H2. The number of rotatable bonds is 3. The first-order chi connectivity index (χ1) is 7.38. The fourth-order valence-electron chi connectivity index (χ4n) is 1.71. The van der Waals surface area contributed by atoms with Crippen LogP contribution in [0.5, 0.6) is 0 Å². The third-order valence-electron chi connectivity index (χ3n) is 2.63. The molecule has 0 aromatic heterocycles. The third kappa shape index (κ3) is 3.11.